The number of amides is 2. The molecule has 1 aliphatic heterocycles. The van der Waals surface area contributed by atoms with Crippen molar-refractivity contribution in [3.63, 3.8) is 0 Å². The number of fused-ring (bicyclic) bond motifs is 1. The van der Waals surface area contributed by atoms with Crippen molar-refractivity contribution in [3.8, 4) is 17.2 Å². The summed E-state index contributed by atoms with van der Waals surface area (Å²) >= 11 is 0. The molecular weight excluding hydrogens is 460 g/mol. The molecule has 1 heterocycles. The smallest absolute Gasteiger partial charge is 0.255 e. The summed E-state index contributed by atoms with van der Waals surface area (Å²) in [4.78, 5) is 27.5. The first-order valence-electron chi connectivity index (χ1n) is 10.8. The largest absolute Gasteiger partial charge is 0.493 e. The van der Waals surface area contributed by atoms with Crippen molar-refractivity contribution >= 4 is 21.7 Å². The minimum atomic E-state index is -3.31. The third-order valence-corrected chi connectivity index (χ3v) is 6.75. The zero-order chi connectivity index (χ0) is 24.9. The Morgan fingerprint density at radius 2 is 1.76 bits per heavy atom. The van der Waals surface area contributed by atoms with Gasteiger partial charge in [0.1, 0.15) is 15.9 Å². The van der Waals surface area contributed by atoms with Gasteiger partial charge in [-0.05, 0) is 30.5 Å². The van der Waals surface area contributed by atoms with Gasteiger partial charge in [-0.15, -0.1) is 0 Å². The Morgan fingerprint density at radius 1 is 1.06 bits per heavy atom. The van der Waals surface area contributed by atoms with Crippen LogP contribution in [-0.4, -0.2) is 71.1 Å². The van der Waals surface area contributed by atoms with Crippen molar-refractivity contribution in [2.75, 3.05) is 39.9 Å². The molecule has 1 unspecified atom stereocenters. The number of hydrogen-bond acceptors (Lipinski definition) is 7. The van der Waals surface area contributed by atoms with Crippen LogP contribution in [0, 0.1) is 0 Å². The van der Waals surface area contributed by atoms with Crippen LogP contribution in [0.2, 0.25) is 0 Å². The van der Waals surface area contributed by atoms with Crippen molar-refractivity contribution in [2.45, 2.75) is 25.4 Å². The van der Waals surface area contributed by atoms with Gasteiger partial charge in [0.15, 0.2) is 11.5 Å². The summed E-state index contributed by atoms with van der Waals surface area (Å²) in [6.45, 7) is 0.523. The molecule has 0 fully saturated rings. The molecule has 10 heteroatoms. The van der Waals surface area contributed by atoms with Crippen LogP contribution in [0.5, 0.6) is 17.2 Å². The van der Waals surface area contributed by atoms with E-state index in [2.05, 4.69) is 5.32 Å². The number of carbonyl (C=O) groups excluding carboxylic acids is 2. The van der Waals surface area contributed by atoms with E-state index in [1.54, 1.807) is 18.2 Å². The van der Waals surface area contributed by atoms with Crippen LogP contribution >= 0.6 is 0 Å². The molecular formula is C24H30N2O7S. The Balaban J connectivity index is 1.74. The summed E-state index contributed by atoms with van der Waals surface area (Å²) in [6.07, 6.45) is 1.57. The van der Waals surface area contributed by atoms with E-state index in [9.17, 15) is 18.0 Å². The molecule has 2 amide bonds. The van der Waals surface area contributed by atoms with Gasteiger partial charge in [0.25, 0.3) is 5.91 Å². The summed E-state index contributed by atoms with van der Waals surface area (Å²) in [5.74, 6) is 0.625. The highest BCUT2D eigenvalue weighted by Gasteiger charge is 2.36. The maximum atomic E-state index is 13.1. The predicted molar refractivity (Wildman–Crippen MR) is 127 cm³/mol. The van der Waals surface area contributed by atoms with Crippen LogP contribution in [0.4, 0.5) is 0 Å². The topological polar surface area (TPSA) is 111 Å². The first kappa shape index (κ1) is 25.4. The highest BCUT2D eigenvalue weighted by atomic mass is 32.2. The zero-order valence-corrected chi connectivity index (χ0v) is 20.6. The normalized spacial score (nSPS) is 13.9. The van der Waals surface area contributed by atoms with Crippen LogP contribution in [-0.2, 0) is 27.6 Å². The van der Waals surface area contributed by atoms with Gasteiger partial charge in [-0.2, -0.15) is 0 Å². The summed E-state index contributed by atoms with van der Waals surface area (Å²) < 4.78 is 39.7. The van der Waals surface area contributed by atoms with Gasteiger partial charge in [-0.25, -0.2) is 8.42 Å². The average Bonchev–Trinajstić information content (AvgIpc) is 3.14. The quantitative estimate of drug-likeness (QED) is 0.512. The Hall–Kier alpha value is -3.27. The van der Waals surface area contributed by atoms with Crippen molar-refractivity contribution in [1.82, 2.24) is 10.2 Å². The van der Waals surface area contributed by atoms with Gasteiger partial charge in [-0.3, -0.25) is 9.59 Å². The molecule has 34 heavy (non-hydrogen) atoms. The van der Waals surface area contributed by atoms with E-state index in [0.717, 1.165) is 17.4 Å². The van der Waals surface area contributed by atoms with Gasteiger partial charge in [0, 0.05) is 30.5 Å². The van der Waals surface area contributed by atoms with Crippen LogP contribution in [0.15, 0.2) is 36.4 Å². The van der Waals surface area contributed by atoms with Gasteiger partial charge in [0.05, 0.1) is 27.1 Å². The number of sulfone groups is 1. The number of rotatable bonds is 11. The molecule has 0 radical (unpaired) electrons. The summed E-state index contributed by atoms with van der Waals surface area (Å²) in [6, 6.07) is 9.83. The van der Waals surface area contributed by atoms with E-state index in [4.69, 9.17) is 14.2 Å². The predicted octanol–water partition coefficient (Wildman–Crippen LogP) is 1.83. The van der Waals surface area contributed by atoms with Crippen molar-refractivity contribution in [2.24, 2.45) is 0 Å². The molecule has 9 nitrogen and oxygen atoms in total. The lowest BCUT2D eigenvalue weighted by Gasteiger charge is -2.27. The van der Waals surface area contributed by atoms with E-state index < -0.39 is 21.8 Å². The van der Waals surface area contributed by atoms with Crippen LogP contribution in [0.3, 0.4) is 0 Å². The van der Waals surface area contributed by atoms with Gasteiger partial charge < -0.3 is 24.4 Å². The van der Waals surface area contributed by atoms with Crippen LogP contribution < -0.4 is 19.5 Å². The minimum Gasteiger partial charge on any atom is -0.493 e. The second-order valence-electron chi connectivity index (χ2n) is 8.06. The first-order valence-corrected chi connectivity index (χ1v) is 12.9. The molecule has 1 N–H and O–H groups in total. The van der Waals surface area contributed by atoms with Gasteiger partial charge in [-0.1, -0.05) is 24.3 Å². The lowest BCUT2D eigenvalue weighted by Crippen LogP contribution is -2.48. The molecule has 0 bridgehead atoms. The van der Waals surface area contributed by atoms with Crippen molar-refractivity contribution < 1.29 is 32.2 Å². The Labute approximate surface area is 199 Å². The Kier molecular flexibility index (Phi) is 8.03. The minimum absolute atomic E-state index is 0.0179. The Bertz CT molecular complexity index is 1160. The number of ether oxygens (including phenoxy) is 3. The Morgan fingerprint density at radius 3 is 2.38 bits per heavy atom. The second kappa shape index (κ2) is 10.8. The zero-order valence-electron chi connectivity index (χ0n) is 19.8. The third kappa shape index (κ3) is 5.61. The molecule has 2 aromatic carbocycles. The number of nitrogens with one attached hydrogen (secondary N) is 1. The highest BCUT2D eigenvalue weighted by Crippen LogP contribution is 2.39. The monoisotopic (exact) mass is 490 g/mol. The number of benzene rings is 2. The summed E-state index contributed by atoms with van der Waals surface area (Å²) in [7, 11) is 1.26. The molecule has 0 spiro atoms. The van der Waals surface area contributed by atoms with Gasteiger partial charge >= 0.3 is 0 Å². The summed E-state index contributed by atoms with van der Waals surface area (Å²) in [5.41, 5.74) is 2.16. The van der Waals surface area contributed by atoms with E-state index in [1.165, 1.54) is 26.2 Å². The number of hydrogen-bond donors (Lipinski definition) is 1. The van der Waals surface area contributed by atoms with Gasteiger partial charge in [0.2, 0.25) is 11.7 Å². The van der Waals surface area contributed by atoms with Crippen molar-refractivity contribution in [3.05, 3.63) is 53.1 Å². The fraction of sp³-hybridized carbons (Fsp3) is 0.417. The van der Waals surface area contributed by atoms with Crippen molar-refractivity contribution in [1.29, 1.82) is 0 Å². The van der Waals surface area contributed by atoms with E-state index >= 15 is 0 Å². The molecule has 1 atom stereocenters. The number of methoxy groups -OCH3 is 3. The molecule has 3 rings (SSSR count). The maximum absolute atomic E-state index is 13.1. The van der Waals surface area contributed by atoms with Crippen LogP contribution in [0.25, 0.3) is 0 Å². The average molecular weight is 491 g/mol. The molecule has 0 aromatic heterocycles. The first-order chi connectivity index (χ1) is 16.2. The maximum Gasteiger partial charge on any atom is 0.255 e. The van der Waals surface area contributed by atoms with E-state index in [1.807, 2.05) is 18.2 Å². The summed E-state index contributed by atoms with van der Waals surface area (Å²) in [5, 5.41) is 2.85. The molecule has 2 aromatic rings. The number of carbonyl (C=O) groups is 2. The van der Waals surface area contributed by atoms with E-state index in [0.29, 0.717) is 29.2 Å². The molecule has 184 valence electrons. The number of nitrogens with zero attached hydrogens (tertiary/aromatic N) is 1. The lowest BCUT2D eigenvalue weighted by atomic mass is 10.1. The standard InChI is InChI=1S/C24H30N2O7S/c1-31-20-10-9-16(21(32-2)22(20)33-3)11-13-25-23(27)19(12-14-34(4,29)30)26-15-17-7-5-6-8-18(17)24(26)28/h5-10,19H,11-15H2,1-4H3,(H,25,27). The molecule has 0 saturated heterocycles. The highest BCUT2D eigenvalue weighted by molar-refractivity contribution is 7.90. The van der Waals surface area contributed by atoms with Crippen LogP contribution in [0.1, 0.15) is 27.9 Å². The molecule has 1 aliphatic rings. The second-order valence-corrected chi connectivity index (χ2v) is 10.3. The molecule has 0 aliphatic carbocycles. The SMILES string of the molecule is COc1ccc(CCNC(=O)C(CCS(C)(=O)=O)N2Cc3ccccc3C2=O)c(OC)c1OC. The fourth-order valence-corrected chi connectivity index (χ4v) is 4.73. The fourth-order valence-electron chi connectivity index (χ4n) is 4.08. The third-order valence-electron chi connectivity index (χ3n) is 5.77. The lowest BCUT2D eigenvalue weighted by molar-refractivity contribution is -0.125. The molecule has 0 saturated carbocycles. The van der Waals surface area contributed by atoms with E-state index in [-0.39, 0.29) is 31.2 Å².